The molecule has 0 radical (unpaired) electrons. The van der Waals surface area contributed by atoms with Crippen LogP contribution in [-0.2, 0) is 16.0 Å². The zero-order valence-corrected chi connectivity index (χ0v) is 19.1. The SMILES string of the molecule is CN=C(NCCCCn1ccnc1C)NCCCOCC1CCOCC1.I. The van der Waals surface area contributed by atoms with E-state index in [4.69, 9.17) is 9.47 Å². The molecule has 0 aromatic carbocycles. The van der Waals surface area contributed by atoms with Crippen molar-refractivity contribution < 1.29 is 9.47 Å². The molecule has 1 aliphatic rings. The quantitative estimate of drug-likeness (QED) is 0.215. The molecule has 2 rings (SSSR count). The van der Waals surface area contributed by atoms with Crippen molar-refractivity contribution in [1.82, 2.24) is 20.2 Å². The lowest BCUT2D eigenvalue weighted by Gasteiger charge is -2.21. The molecule has 1 aromatic heterocycles. The van der Waals surface area contributed by atoms with Crippen LogP contribution in [0.1, 0.15) is 37.9 Å². The molecule has 1 saturated heterocycles. The van der Waals surface area contributed by atoms with E-state index >= 15 is 0 Å². The summed E-state index contributed by atoms with van der Waals surface area (Å²) in [6.07, 6.45) is 9.38. The molecule has 27 heavy (non-hydrogen) atoms. The molecule has 0 saturated carbocycles. The van der Waals surface area contributed by atoms with E-state index in [0.29, 0.717) is 5.92 Å². The number of halogens is 1. The van der Waals surface area contributed by atoms with Gasteiger partial charge in [-0.1, -0.05) is 0 Å². The lowest BCUT2D eigenvalue weighted by molar-refractivity contribution is 0.0203. The molecular formula is C19H36IN5O2. The maximum absolute atomic E-state index is 5.78. The predicted molar refractivity (Wildman–Crippen MR) is 120 cm³/mol. The summed E-state index contributed by atoms with van der Waals surface area (Å²) < 4.78 is 13.3. The van der Waals surface area contributed by atoms with Gasteiger partial charge in [0.05, 0.1) is 0 Å². The number of rotatable bonds is 11. The number of aryl methyl sites for hydroxylation is 2. The number of unbranched alkanes of at least 4 members (excludes halogenated alkanes) is 1. The number of nitrogens with zero attached hydrogens (tertiary/aromatic N) is 3. The Labute approximate surface area is 180 Å². The number of imidazole rings is 1. The molecule has 1 aromatic rings. The van der Waals surface area contributed by atoms with Gasteiger partial charge in [0.1, 0.15) is 5.82 Å². The summed E-state index contributed by atoms with van der Waals surface area (Å²) >= 11 is 0. The highest BCUT2D eigenvalue weighted by Gasteiger charge is 2.13. The smallest absolute Gasteiger partial charge is 0.190 e. The van der Waals surface area contributed by atoms with Crippen molar-refractivity contribution in [2.75, 3.05) is 46.6 Å². The summed E-state index contributed by atoms with van der Waals surface area (Å²) in [6, 6.07) is 0. The van der Waals surface area contributed by atoms with Gasteiger partial charge in [0.25, 0.3) is 0 Å². The average Bonchev–Trinajstić information content (AvgIpc) is 3.08. The lowest BCUT2D eigenvalue weighted by atomic mass is 10.0. The molecule has 2 N–H and O–H groups in total. The van der Waals surface area contributed by atoms with E-state index in [1.54, 1.807) is 0 Å². The van der Waals surface area contributed by atoms with E-state index in [0.717, 1.165) is 89.9 Å². The summed E-state index contributed by atoms with van der Waals surface area (Å²) in [4.78, 5) is 8.51. The van der Waals surface area contributed by atoms with E-state index < -0.39 is 0 Å². The van der Waals surface area contributed by atoms with E-state index in [9.17, 15) is 0 Å². The van der Waals surface area contributed by atoms with Crippen LogP contribution in [0.2, 0.25) is 0 Å². The van der Waals surface area contributed by atoms with Gasteiger partial charge >= 0.3 is 0 Å². The second kappa shape index (κ2) is 15.1. The van der Waals surface area contributed by atoms with Crippen LogP contribution in [-0.4, -0.2) is 62.1 Å². The largest absolute Gasteiger partial charge is 0.381 e. The van der Waals surface area contributed by atoms with Gasteiger partial charge in [-0.15, -0.1) is 24.0 Å². The fraction of sp³-hybridized carbons (Fsp3) is 0.789. The first-order valence-corrected chi connectivity index (χ1v) is 9.87. The van der Waals surface area contributed by atoms with Crippen molar-refractivity contribution in [2.24, 2.45) is 10.9 Å². The number of aromatic nitrogens is 2. The Morgan fingerprint density at radius 1 is 1.26 bits per heavy atom. The third kappa shape index (κ3) is 10.3. The van der Waals surface area contributed by atoms with Crippen molar-refractivity contribution in [2.45, 2.75) is 45.6 Å². The number of ether oxygens (including phenoxy) is 2. The number of aliphatic imine (C=N–C) groups is 1. The molecule has 156 valence electrons. The first-order chi connectivity index (χ1) is 12.8. The second-order valence-electron chi connectivity index (χ2n) is 6.78. The number of hydrogen-bond donors (Lipinski definition) is 2. The van der Waals surface area contributed by atoms with Crippen LogP contribution in [0.4, 0.5) is 0 Å². The summed E-state index contributed by atoms with van der Waals surface area (Å²) in [5.41, 5.74) is 0. The summed E-state index contributed by atoms with van der Waals surface area (Å²) in [6.45, 7) is 8.30. The monoisotopic (exact) mass is 493 g/mol. The molecule has 0 bridgehead atoms. The molecule has 0 amide bonds. The Hall–Kier alpha value is -0.870. The Kier molecular flexibility index (Phi) is 13.5. The van der Waals surface area contributed by atoms with E-state index in [-0.39, 0.29) is 24.0 Å². The highest BCUT2D eigenvalue weighted by atomic mass is 127. The van der Waals surface area contributed by atoms with Crippen LogP contribution in [0.3, 0.4) is 0 Å². The van der Waals surface area contributed by atoms with Gasteiger partial charge in [-0.2, -0.15) is 0 Å². The van der Waals surface area contributed by atoms with Crippen molar-refractivity contribution >= 4 is 29.9 Å². The molecule has 1 fully saturated rings. The van der Waals surface area contributed by atoms with Gasteiger partial charge in [-0.05, 0) is 44.9 Å². The first-order valence-electron chi connectivity index (χ1n) is 9.87. The van der Waals surface area contributed by atoms with Crippen LogP contribution >= 0.6 is 24.0 Å². The molecule has 0 aliphatic carbocycles. The highest BCUT2D eigenvalue weighted by Crippen LogP contribution is 2.14. The normalized spacial score (nSPS) is 15.4. The lowest BCUT2D eigenvalue weighted by Crippen LogP contribution is -2.38. The minimum Gasteiger partial charge on any atom is -0.381 e. The van der Waals surface area contributed by atoms with Crippen molar-refractivity contribution in [1.29, 1.82) is 0 Å². The Balaban J connectivity index is 0.00000364. The minimum absolute atomic E-state index is 0. The van der Waals surface area contributed by atoms with Crippen molar-refractivity contribution in [3.8, 4) is 0 Å². The predicted octanol–water partition coefficient (Wildman–Crippen LogP) is 2.59. The van der Waals surface area contributed by atoms with Crippen molar-refractivity contribution in [3.05, 3.63) is 18.2 Å². The van der Waals surface area contributed by atoms with E-state index in [1.807, 2.05) is 26.4 Å². The fourth-order valence-corrected chi connectivity index (χ4v) is 3.02. The van der Waals surface area contributed by atoms with Gasteiger partial charge in [-0.3, -0.25) is 4.99 Å². The molecule has 8 heteroatoms. The maximum Gasteiger partial charge on any atom is 0.190 e. The standard InChI is InChI=1S/C19H35N5O2.HI/c1-17-21-10-12-24(17)11-4-3-8-22-19(20-2)23-9-5-13-26-16-18-6-14-25-15-7-18;/h10,12,18H,3-9,11,13-16H2,1-2H3,(H2,20,22,23);1H. The molecular weight excluding hydrogens is 457 g/mol. The van der Waals surface area contributed by atoms with Crippen LogP contribution in [0.15, 0.2) is 17.4 Å². The average molecular weight is 493 g/mol. The van der Waals surface area contributed by atoms with Gasteiger partial charge in [0, 0.05) is 65.5 Å². The first kappa shape index (κ1) is 24.2. The molecule has 0 atom stereocenters. The van der Waals surface area contributed by atoms with Crippen LogP contribution in [0.5, 0.6) is 0 Å². The summed E-state index contributed by atoms with van der Waals surface area (Å²) in [5.74, 6) is 2.62. The zero-order chi connectivity index (χ0) is 18.5. The summed E-state index contributed by atoms with van der Waals surface area (Å²) in [5, 5.41) is 6.71. The van der Waals surface area contributed by atoms with Crippen LogP contribution in [0, 0.1) is 12.8 Å². The minimum atomic E-state index is 0. The van der Waals surface area contributed by atoms with Crippen molar-refractivity contribution in [3.63, 3.8) is 0 Å². The maximum atomic E-state index is 5.78. The van der Waals surface area contributed by atoms with Gasteiger partial charge in [0.2, 0.25) is 0 Å². The zero-order valence-electron chi connectivity index (χ0n) is 16.8. The third-order valence-electron chi connectivity index (χ3n) is 4.72. The Bertz CT molecular complexity index is 518. The molecule has 0 spiro atoms. The molecule has 2 heterocycles. The number of guanidine groups is 1. The topological polar surface area (TPSA) is 72.7 Å². The molecule has 0 unspecified atom stereocenters. The highest BCUT2D eigenvalue weighted by molar-refractivity contribution is 14.0. The van der Waals surface area contributed by atoms with E-state index in [1.165, 1.54) is 0 Å². The van der Waals surface area contributed by atoms with E-state index in [2.05, 4.69) is 25.2 Å². The molecule has 7 nitrogen and oxygen atoms in total. The second-order valence-corrected chi connectivity index (χ2v) is 6.78. The summed E-state index contributed by atoms with van der Waals surface area (Å²) in [7, 11) is 1.81. The third-order valence-corrected chi connectivity index (χ3v) is 4.72. The number of nitrogens with one attached hydrogen (secondary N) is 2. The fourth-order valence-electron chi connectivity index (χ4n) is 3.02. The molecule has 1 aliphatic heterocycles. The van der Waals surface area contributed by atoms with Crippen LogP contribution < -0.4 is 10.6 Å². The Morgan fingerprint density at radius 2 is 2.00 bits per heavy atom. The van der Waals surface area contributed by atoms with Gasteiger partial charge < -0.3 is 24.7 Å². The Morgan fingerprint density at radius 3 is 2.67 bits per heavy atom. The number of hydrogen-bond acceptors (Lipinski definition) is 4. The van der Waals surface area contributed by atoms with Gasteiger partial charge in [-0.25, -0.2) is 4.98 Å². The van der Waals surface area contributed by atoms with Crippen LogP contribution in [0.25, 0.3) is 0 Å². The van der Waals surface area contributed by atoms with Gasteiger partial charge in [0.15, 0.2) is 5.96 Å².